The number of halogens is 1. The highest BCUT2D eigenvalue weighted by molar-refractivity contribution is 6.30. The topological polar surface area (TPSA) is 79.8 Å². The smallest absolute Gasteiger partial charge is 0.427 e. The number of nitrogens with zero attached hydrogens (tertiary/aromatic N) is 1. The number of methoxy groups -OCH3 is 1. The van der Waals surface area contributed by atoms with Gasteiger partial charge in [0.1, 0.15) is 0 Å². The first-order chi connectivity index (χ1) is 9.01. The number of amides is 2. The van der Waals surface area contributed by atoms with Crippen LogP contribution in [0.1, 0.15) is 13.3 Å². The molecule has 0 aliphatic carbocycles. The molecule has 0 radical (unpaired) electrons. The van der Waals surface area contributed by atoms with Crippen LogP contribution in [0.25, 0.3) is 0 Å². The molecule has 0 unspecified atom stereocenters. The van der Waals surface area contributed by atoms with Crippen molar-refractivity contribution in [3.05, 3.63) is 29.3 Å². The first-order valence-electron chi connectivity index (χ1n) is 5.44. The molecular weight excluding hydrogens is 270 g/mol. The summed E-state index contributed by atoms with van der Waals surface area (Å²) in [6.45, 7) is 1.62. The summed E-state index contributed by atoms with van der Waals surface area (Å²) in [5.41, 5.74) is 3.24. The van der Waals surface area contributed by atoms with Crippen LogP contribution in [0, 0.1) is 0 Å². The molecule has 1 rings (SSSR count). The predicted molar refractivity (Wildman–Crippen MR) is 73.3 cm³/mol. The molecule has 2 N–H and O–H groups in total. The lowest BCUT2D eigenvalue weighted by molar-refractivity contribution is -0.115. The number of hydrazone groups is 1. The maximum Gasteiger partial charge on any atom is 0.427 e. The zero-order valence-corrected chi connectivity index (χ0v) is 11.3. The number of benzene rings is 1. The number of carbonyl (C=O) groups excluding carboxylic acids is 2. The van der Waals surface area contributed by atoms with Crippen LogP contribution in [-0.2, 0) is 9.53 Å². The number of hydrogen-bond acceptors (Lipinski definition) is 4. The van der Waals surface area contributed by atoms with E-state index < -0.39 is 6.09 Å². The van der Waals surface area contributed by atoms with Gasteiger partial charge >= 0.3 is 6.09 Å². The van der Waals surface area contributed by atoms with Crippen molar-refractivity contribution in [2.75, 3.05) is 12.4 Å². The summed E-state index contributed by atoms with van der Waals surface area (Å²) in [6.07, 6.45) is -0.621. The van der Waals surface area contributed by atoms with Crippen molar-refractivity contribution < 1.29 is 14.3 Å². The van der Waals surface area contributed by atoms with E-state index in [2.05, 4.69) is 20.6 Å². The van der Waals surface area contributed by atoms with Gasteiger partial charge in [0.05, 0.1) is 13.5 Å². The third-order valence-corrected chi connectivity index (χ3v) is 2.32. The third-order valence-electron chi connectivity index (χ3n) is 2.07. The fourth-order valence-corrected chi connectivity index (χ4v) is 1.32. The summed E-state index contributed by atoms with van der Waals surface area (Å²) in [5.74, 6) is -0.241. The minimum absolute atomic E-state index is 0.0621. The van der Waals surface area contributed by atoms with E-state index in [-0.39, 0.29) is 12.3 Å². The fraction of sp³-hybridized carbons (Fsp3) is 0.250. The molecule has 19 heavy (non-hydrogen) atoms. The molecule has 1 aromatic rings. The number of hydrogen-bond donors (Lipinski definition) is 2. The number of rotatable bonds is 4. The highest BCUT2D eigenvalue weighted by Gasteiger charge is 2.05. The minimum Gasteiger partial charge on any atom is -0.452 e. The van der Waals surface area contributed by atoms with Gasteiger partial charge in [-0.3, -0.25) is 4.79 Å². The Balaban J connectivity index is 2.46. The number of anilines is 1. The Hall–Kier alpha value is -2.08. The van der Waals surface area contributed by atoms with E-state index in [1.165, 1.54) is 7.11 Å². The van der Waals surface area contributed by atoms with Crippen LogP contribution in [0.2, 0.25) is 5.02 Å². The zero-order chi connectivity index (χ0) is 14.3. The van der Waals surface area contributed by atoms with E-state index in [4.69, 9.17) is 11.6 Å². The van der Waals surface area contributed by atoms with Crippen molar-refractivity contribution in [2.45, 2.75) is 13.3 Å². The van der Waals surface area contributed by atoms with Crippen molar-refractivity contribution in [1.82, 2.24) is 5.43 Å². The Bertz CT molecular complexity index is 485. The highest BCUT2D eigenvalue weighted by Crippen LogP contribution is 2.13. The van der Waals surface area contributed by atoms with Crippen molar-refractivity contribution in [3.8, 4) is 0 Å². The molecule has 6 nitrogen and oxygen atoms in total. The Morgan fingerprint density at radius 2 is 1.95 bits per heavy atom. The molecule has 0 fully saturated rings. The lowest BCUT2D eigenvalue weighted by Gasteiger charge is -2.05. The van der Waals surface area contributed by atoms with Gasteiger partial charge in [-0.05, 0) is 31.2 Å². The second kappa shape index (κ2) is 7.38. The van der Waals surface area contributed by atoms with Gasteiger partial charge in [-0.1, -0.05) is 11.6 Å². The molecule has 0 aromatic heterocycles. The van der Waals surface area contributed by atoms with Crippen molar-refractivity contribution in [1.29, 1.82) is 0 Å². The van der Waals surface area contributed by atoms with E-state index in [1.54, 1.807) is 31.2 Å². The quantitative estimate of drug-likeness (QED) is 0.658. The third kappa shape index (κ3) is 5.87. The molecule has 0 atom stereocenters. The summed E-state index contributed by atoms with van der Waals surface area (Å²) < 4.78 is 4.34. The lowest BCUT2D eigenvalue weighted by atomic mass is 10.2. The van der Waals surface area contributed by atoms with Gasteiger partial charge in [-0.25, -0.2) is 10.2 Å². The number of carbonyl (C=O) groups is 2. The van der Waals surface area contributed by atoms with Gasteiger partial charge in [-0.2, -0.15) is 5.10 Å². The van der Waals surface area contributed by atoms with Crippen LogP contribution in [0.3, 0.4) is 0 Å². The van der Waals surface area contributed by atoms with E-state index in [0.717, 1.165) is 0 Å². The van der Waals surface area contributed by atoms with Crippen LogP contribution in [-0.4, -0.2) is 24.8 Å². The van der Waals surface area contributed by atoms with E-state index in [0.29, 0.717) is 16.4 Å². The standard InChI is InChI=1S/C12H14ClN3O3/c1-8(15-16-12(18)19-2)7-11(17)14-10-5-3-9(13)4-6-10/h3-6H,7H2,1-2H3,(H,14,17)(H,16,18). The first-order valence-corrected chi connectivity index (χ1v) is 5.81. The molecule has 1 aromatic carbocycles. The van der Waals surface area contributed by atoms with Crippen molar-refractivity contribution in [3.63, 3.8) is 0 Å². The second-order valence-electron chi connectivity index (χ2n) is 3.68. The number of nitrogens with one attached hydrogen (secondary N) is 2. The molecule has 2 amide bonds. The predicted octanol–water partition coefficient (Wildman–Crippen LogP) is 2.40. The van der Waals surface area contributed by atoms with Crippen LogP contribution in [0.15, 0.2) is 29.4 Å². The Kier molecular flexibility index (Phi) is 5.81. The molecule has 0 heterocycles. The SMILES string of the molecule is COC(=O)NN=C(C)CC(=O)Nc1ccc(Cl)cc1. The highest BCUT2D eigenvalue weighted by atomic mass is 35.5. The molecule has 7 heteroatoms. The molecule has 0 saturated heterocycles. The number of ether oxygens (including phenoxy) is 1. The average Bonchev–Trinajstić information content (AvgIpc) is 2.38. The minimum atomic E-state index is -0.683. The van der Waals surface area contributed by atoms with Crippen LogP contribution in [0.5, 0.6) is 0 Å². The van der Waals surface area contributed by atoms with Gasteiger partial charge in [0.25, 0.3) is 0 Å². The van der Waals surface area contributed by atoms with Gasteiger partial charge in [0, 0.05) is 16.4 Å². The van der Waals surface area contributed by atoms with Gasteiger partial charge in [0.2, 0.25) is 5.91 Å². The Morgan fingerprint density at radius 3 is 2.53 bits per heavy atom. The van der Waals surface area contributed by atoms with E-state index >= 15 is 0 Å². The molecule has 0 aliphatic rings. The summed E-state index contributed by atoms with van der Waals surface area (Å²) in [6, 6.07) is 6.74. The average molecular weight is 284 g/mol. The van der Waals surface area contributed by atoms with Crippen molar-refractivity contribution in [2.24, 2.45) is 5.10 Å². The summed E-state index contributed by atoms with van der Waals surface area (Å²) in [7, 11) is 1.23. The van der Waals surface area contributed by atoms with Gasteiger partial charge in [-0.15, -0.1) is 0 Å². The largest absolute Gasteiger partial charge is 0.452 e. The van der Waals surface area contributed by atoms with Crippen LogP contribution in [0.4, 0.5) is 10.5 Å². The van der Waals surface area contributed by atoms with E-state index in [1.807, 2.05) is 0 Å². The lowest BCUT2D eigenvalue weighted by Crippen LogP contribution is -2.21. The summed E-state index contributed by atoms with van der Waals surface area (Å²) in [4.78, 5) is 22.4. The zero-order valence-electron chi connectivity index (χ0n) is 10.6. The summed E-state index contributed by atoms with van der Waals surface area (Å²) in [5, 5.41) is 6.98. The Morgan fingerprint density at radius 1 is 1.32 bits per heavy atom. The molecular formula is C12H14ClN3O3. The molecule has 0 aliphatic heterocycles. The maximum absolute atomic E-state index is 11.7. The molecule has 0 spiro atoms. The molecule has 0 bridgehead atoms. The maximum atomic E-state index is 11.7. The first kappa shape index (κ1) is 15.0. The van der Waals surface area contributed by atoms with Crippen LogP contribution < -0.4 is 10.7 Å². The fourth-order valence-electron chi connectivity index (χ4n) is 1.20. The normalized spacial score (nSPS) is 10.8. The van der Waals surface area contributed by atoms with E-state index in [9.17, 15) is 9.59 Å². The molecule has 0 saturated carbocycles. The second-order valence-corrected chi connectivity index (χ2v) is 4.12. The Labute approximate surface area is 115 Å². The van der Waals surface area contributed by atoms with Crippen LogP contribution >= 0.6 is 11.6 Å². The summed E-state index contributed by atoms with van der Waals surface area (Å²) >= 11 is 5.73. The van der Waals surface area contributed by atoms with Crippen molar-refractivity contribution >= 4 is 35.0 Å². The monoisotopic (exact) mass is 283 g/mol. The van der Waals surface area contributed by atoms with Gasteiger partial charge < -0.3 is 10.1 Å². The van der Waals surface area contributed by atoms with Gasteiger partial charge in [0.15, 0.2) is 0 Å². The molecule has 102 valence electrons.